The number of aromatic nitrogens is 3. The zero-order valence-corrected chi connectivity index (χ0v) is 14.0. The Balaban J connectivity index is 1.74. The molecule has 2 amide bonds. The molecule has 122 valence electrons. The number of hydrogen-bond donors (Lipinski definition) is 1. The predicted molar refractivity (Wildman–Crippen MR) is 87.6 cm³/mol. The molecule has 1 atom stereocenters. The molecule has 0 radical (unpaired) electrons. The van der Waals surface area contributed by atoms with Gasteiger partial charge in [0.2, 0.25) is 0 Å². The van der Waals surface area contributed by atoms with Gasteiger partial charge in [0, 0.05) is 24.0 Å². The number of hydrogen-bond acceptors (Lipinski definition) is 5. The lowest BCUT2D eigenvalue weighted by atomic mass is 10.0. The molecule has 0 saturated carbocycles. The van der Waals surface area contributed by atoms with Gasteiger partial charge in [0.05, 0.1) is 6.20 Å². The fraction of sp³-hybridized carbons (Fsp3) is 0.467. The van der Waals surface area contributed by atoms with E-state index in [0.717, 1.165) is 17.1 Å². The summed E-state index contributed by atoms with van der Waals surface area (Å²) in [5, 5.41) is 7.02. The van der Waals surface area contributed by atoms with Gasteiger partial charge in [0.1, 0.15) is 17.6 Å². The van der Waals surface area contributed by atoms with Crippen molar-refractivity contribution >= 4 is 29.2 Å². The molecule has 0 spiro atoms. The van der Waals surface area contributed by atoms with Crippen molar-refractivity contribution in [2.75, 3.05) is 11.4 Å². The van der Waals surface area contributed by atoms with E-state index in [-0.39, 0.29) is 11.8 Å². The number of nitrogens with zero attached hydrogens (tertiary/aromatic N) is 4. The molecule has 2 aromatic heterocycles. The smallest absolute Gasteiger partial charge is 0.271 e. The average Bonchev–Trinajstić information content (AvgIpc) is 3.18. The Kier molecular flexibility index (Phi) is 4.42. The molecule has 1 aliphatic heterocycles. The van der Waals surface area contributed by atoms with Gasteiger partial charge in [-0.3, -0.25) is 14.5 Å². The van der Waals surface area contributed by atoms with E-state index < -0.39 is 6.04 Å². The molecule has 23 heavy (non-hydrogen) atoms. The van der Waals surface area contributed by atoms with Crippen LogP contribution in [-0.2, 0) is 11.3 Å². The van der Waals surface area contributed by atoms with Crippen LogP contribution in [0.4, 0.5) is 5.82 Å². The zero-order valence-electron chi connectivity index (χ0n) is 13.2. The Morgan fingerprint density at radius 2 is 2.35 bits per heavy atom. The molecule has 1 saturated heterocycles. The number of aryl methyl sites for hydroxylation is 2. The van der Waals surface area contributed by atoms with Gasteiger partial charge in [0.25, 0.3) is 11.8 Å². The molecular formula is C15H19N5O2S. The summed E-state index contributed by atoms with van der Waals surface area (Å²) in [6.07, 6.45) is 3.17. The van der Waals surface area contributed by atoms with Gasteiger partial charge in [-0.25, -0.2) is 4.68 Å². The van der Waals surface area contributed by atoms with Crippen LogP contribution in [0, 0.1) is 6.92 Å². The van der Waals surface area contributed by atoms with Crippen LogP contribution in [0.1, 0.15) is 35.1 Å². The molecule has 0 aromatic carbocycles. The van der Waals surface area contributed by atoms with Crippen LogP contribution in [0.2, 0.25) is 0 Å². The van der Waals surface area contributed by atoms with Gasteiger partial charge in [-0.2, -0.15) is 9.47 Å². The maximum atomic E-state index is 12.7. The highest BCUT2D eigenvalue weighted by Crippen LogP contribution is 2.21. The lowest BCUT2D eigenvalue weighted by molar-refractivity contribution is -0.121. The van der Waals surface area contributed by atoms with Gasteiger partial charge in [-0.15, -0.1) is 0 Å². The van der Waals surface area contributed by atoms with Crippen molar-refractivity contribution in [1.29, 1.82) is 0 Å². The van der Waals surface area contributed by atoms with Crippen molar-refractivity contribution in [2.24, 2.45) is 0 Å². The third-order valence-corrected chi connectivity index (χ3v) is 4.57. The topological polar surface area (TPSA) is 80.1 Å². The van der Waals surface area contributed by atoms with E-state index in [4.69, 9.17) is 0 Å². The Bertz CT molecular complexity index is 723. The Labute approximate surface area is 138 Å². The summed E-state index contributed by atoms with van der Waals surface area (Å²) in [5.41, 5.74) is 0.371. The van der Waals surface area contributed by atoms with E-state index in [1.807, 2.05) is 19.9 Å². The summed E-state index contributed by atoms with van der Waals surface area (Å²) in [7, 11) is 0. The minimum absolute atomic E-state index is 0.0910. The maximum Gasteiger partial charge on any atom is 0.271 e. The first kappa shape index (κ1) is 15.7. The summed E-state index contributed by atoms with van der Waals surface area (Å²) < 4.78 is 5.88. The highest BCUT2D eigenvalue weighted by molar-refractivity contribution is 7.05. The van der Waals surface area contributed by atoms with Crippen LogP contribution >= 0.6 is 11.5 Å². The van der Waals surface area contributed by atoms with Crippen LogP contribution < -0.4 is 10.2 Å². The molecule has 2 aromatic rings. The van der Waals surface area contributed by atoms with E-state index in [2.05, 4.69) is 14.8 Å². The molecule has 3 heterocycles. The predicted octanol–water partition coefficient (Wildman–Crippen LogP) is 1.59. The number of carbonyl (C=O) groups excluding carboxylic acids is 2. The summed E-state index contributed by atoms with van der Waals surface area (Å²) in [5.74, 6) is 0.395. The van der Waals surface area contributed by atoms with Crippen molar-refractivity contribution in [3.8, 4) is 0 Å². The highest BCUT2D eigenvalue weighted by atomic mass is 32.1. The number of piperidine rings is 1. The van der Waals surface area contributed by atoms with Crippen molar-refractivity contribution in [1.82, 2.24) is 19.5 Å². The van der Waals surface area contributed by atoms with Crippen molar-refractivity contribution in [3.63, 3.8) is 0 Å². The SMILES string of the molecule is CCn1nccc1N1CCCC(NC(=O)c2cc(C)sn2)C1=O. The highest BCUT2D eigenvalue weighted by Gasteiger charge is 2.32. The fourth-order valence-electron chi connectivity index (χ4n) is 2.74. The van der Waals surface area contributed by atoms with Gasteiger partial charge in [0.15, 0.2) is 0 Å². The molecule has 1 aliphatic rings. The third-order valence-electron chi connectivity index (χ3n) is 3.87. The number of amides is 2. The second-order valence-corrected chi connectivity index (χ2v) is 6.50. The van der Waals surface area contributed by atoms with Crippen LogP contribution in [0.3, 0.4) is 0 Å². The quantitative estimate of drug-likeness (QED) is 0.921. The largest absolute Gasteiger partial charge is 0.339 e. The van der Waals surface area contributed by atoms with E-state index in [1.165, 1.54) is 11.5 Å². The van der Waals surface area contributed by atoms with Crippen molar-refractivity contribution in [3.05, 3.63) is 28.9 Å². The molecular weight excluding hydrogens is 314 g/mol. The summed E-state index contributed by atoms with van der Waals surface area (Å²) >= 11 is 1.28. The summed E-state index contributed by atoms with van der Waals surface area (Å²) in [4.78, 5) is 27.6. The van der Waals surface area contributed by atoms with Crippen LogP contribution in [0.5, 0.6) is 0 Å². The second kappa shape index (κ2) is 6.49. The van der Waals surface area contributed by atoms with Crippen molar-refractivity contribution in [2.45, 2.75) is 39.3 Å². The Hall–Kier alpha value is -2.22. The standard InChI is InChI=1S/C15H19N5O2S/c1-3-20-13(6-7-16-20)19-8-4-5-11(15(19)22)17-14(21)12-9-10(2)23-18-12/h6-7,9,11H,3-5,8H2,1-2H3,(H,17,21). The molecule has 1 fully saturated rings. The first-order chi connectivity index (χ1) is 11.1. The van der Waals surface area contributed by atoms with Gasteiger partial charge >= 0.3 is 0 Å². The summed E-state index contributed by atoms with van der Waals surface area (Å²) in [6.45, 7) is 5.22. The van der Waals surface area contributed by atoms with Crippen LogP contribution in [0.25, 0.3) is 0 Å². The second-order valence-electron chi connectivity index (χ2n) is 5.49. The average molecular weight is 333 g/mol. The fourth-order valence-corrected chi connectivity index (χ4v) is 3.28. The van der Waals surface area contributed by atoms with Gasteiger partial charge in [-0.05, 0) is 44.3 Å². The molecule has 0 bridgehead atoms. The van der Waals surface area contributed by atoms with Gasteiger partial charge < -0.3 is 5.32 Å². The number of nitrogens with one attached hydrogen (secondary N) is 1. The van der Waals surface area contributed by atoms with Crippen LogP contribution in [0.15, 0.2) is 18.3 Å². The van der Waals surface area contributed by atoms with Gasteiger partial charge in [-0.1, -0.05) is 0 Å². The molecule has 1 unspecified atom stereocenters. The Morgan fingerprint density at radius 3 is 3.04 bits per heavy atom. The van der Waals surface area contributed by atoms with E-state index in [9.17, 15) is 9.59 Å². The lowest BCUT2D eigenvalue weighted by Crippen LogP contribution is -2.53. The molecule has 7 nitrogen and oxygen atoms in total. The molecule has 8 heteroatoms. The first-order valence-corrected chi connectivity index (χ1v) is 8.45. The molecule has 0 aliphatic carbocycles. The summed E-state index contributed by atoms with van der Waals surface area (Å²) in [6, 6.07) is 3.05. The maximum absolute atomic E-state index is 12.7. The lowest BCUT2D eigenvalue weighted by Gasteiger charge is -2.32. The third kappa shape index (κ3) is 3.12. The minimum atomic E-state index is -0.515. The van der Waals surface area contributed by atoms with Crippen LogP contribution in [-0.4, -0.2) is 38.6 Å². The van der Waals surface area contributed by atoms with E-state index >= 15 is 0 Å². The minimum Gasteiger partial charge on any atom is -0.339 e. The monoisotopic (exact) mass is 333 g/mol. The Morgan fingerprint density at radius 1 is 1.52 bits per heavy atom. The molecule has 1 N–H and O–H groups in total. The first-order valence-electron chi connectivity index (χ1n) is 7.67. The van der Waals surface area contributed by atoms with Crippen molar-refractivity contribution < 1.29 is 9.59 Å². The molecule has 3 rings (SSSR count). The van der Waals surface area contributed by atoms with E-state index in [1.54, 1.807) is 21.8 Å². The number of carbonyl (C=O) groups is 2. The zero-order chi connectivity index (χ0) is 16.4. The number of rotatable bonds is 4. The number of anilines is 1. The van der Waals surface area contributed by atoms with E-state index in [0.29, 0.717) is 25.2 Å². The normalized spacial score (nSPS) is 18.3.